The van der Waals surface area contributed by atoms with Crippen LogP contribution in [0, 0.1) is 5.92 Å². The Labute approximate surface area is 123 Å². The normalized spacial score (nSPS) is 24.4. The maximum atomic E-state index is 12.3. The van der Waals surface area contributed by atoms with Gasteiger partial charge in [0.15, 0.2) is 6.61 Å². The van der Waals surface area contributed by atoms with E-state index in [2.05, 4.69) is 5.32 Å². The number of nitrogens with zero attached hydrogens (tertiary/aromatic N) is 1. The zero-order chi connectivity index (χ0) is 14.8. The molecule has 1 aromatic carbocycles. The number of piperidine rings is 1. The first-order valence-electron chi connectivity index (χ1n) is 7.20. The molecular weight excluding hydrogens is 270 g/mol. The van der Waals surface area contributed by atoms with Crippen LogP contribution in [0.15, 0.2) is 24.3 Å². The number of fused-ring (bicyclic) bond motifs is 1. The van der Waals surface area contributed by atoms with Crippen molar-refractivity contribution in [3.63, 3.8) is 0 Å². The molecule has 2 amide bonds. The van der Waals surface area contributed by atoms with Crippen molar-refractivity contribution in [2.45, 2.75) is 18.9 Å². The highest BCUT2D eigenvalue weighted by atomic mass is 16.5. The number of likely N-dealkylation sites (tertiary alicyclic amines) is 1. The van der Waals surface area contributed by atoms with E-state index in [1.54, 1.807) is 29.2 Å². The van der Waals surface area contributed by atoms with Gasteiger partial charge in [-0.3, -0.25) is 9.59 Å². The smallest absolute Gasteiger partial charge is 0.260 e. The molecule has 2 unspecified atom stereocenters. The number of rotatable bonds is 3. The fourth-order valence-electron chi connectivity index (χ4n) is 3.05. The minimum atomic E-state index is -0.0713. The summed E-state index contributed by atoms with van der Waals surface area (Å²) in [6, 6.07) is 6.92. The lowest BCUT2D eigenvalue weighted by Crippen LogP contribution is -2.50. The van der Waals surface area contributed by atoms with Gasteiger partial charge in [-0.2, -0.15) is 0 Å². The number of carbonyl (C=O) groups excluding carboxylic acids is 2. The largest absolute Gasteiger partial charge is 0.484 e. The zero-order valence-electron chi connectivity index (χ0n) is 11.7. The van der Waals surface area contributed by atoms with Crippen LogP contribution in [-0.2, 0) is 9.59 Å². The number of hydrogen-bond acceptors (Lipinski definition) is 4. The third-order valence-electron chi connectivity index (χ3n) is 4.16. The van der Waals surface area contributed by atoms with Gasteiger partial charge in [-0.15, -0.1) is 0 Å². The fourth-order valence-corrected chi connectivity index (χ4v) is 3.05. The first-order valence-corrected chi connectivity index (χ1v) is 7.20. The van der Waals surface area contributed by atoms with Crippen LogP contribution in [0.2, 0.25) is 0 Å². The summed E-state index contributed by atoms with van der Waals surface area (Å²) in [6.45, 7) is 1.23. The Kier molecular flexibility index (Phi) is 3.68. The molecule has 2 atom stereocenters. The Morgan fingerprint density at radius 3 is 2.90 bits per heavy atom. The van der Waals surface area contributed by atoms with Gasteiger partial charge >= 0.3 is 0 Å². The van der Waals surface area contributed by atoms with E-state index in [1.165, 1.54) is 0 Å². The third kappa shape index (κ3) is 2.79. The standard InChI is InChI=1S/C15H19N3O3/c16-10-3-5-11(6-4-10)21-9-14(19)18-7-1-2-12-13(18)8-17-15(12)20/h3-6,12-13H,1-2,7-9,16H2,(H,17,20). The lowest BCUT2D eigenvalue weighted by atomic mass is 9.91. The van der Waals surface area contributed by atoms with Crippen molar-refractivity contribution in [1.82, 2.24) is 10.2 Å². The summed E-state index contributed by atoms with van der Waals surface area (Å²) in [5.41, 5.74) is 6.26. The molecule has 3 N–H and O–H groups in total. The summed E-state index contributed by atoms with van der Waals surface area (Å²) < 4.78 is 5.50. The van der Waals surface area contributed by atoms with E-state index in [-0.39, 0.29) is 30.4 Å². The van der Waals surface area contributed by atoms with Gasteiger partial charge in [-0.05, 0) is 37.1 Å². The van der Waals surface area contributed by atoms with Crippen LogP contribution in [0.5, 0.6) is 5.75 Å². The van der Waals surface area contributed by atoms with Gasteiger partial charge in [0.25, 0.3) is 5.91 Å². The SMILES string of the molecule is Nc1ccc(OCC(=O)N2CCCC3C(=O)NCC32)cc1. The monoisotopic (exact) mass is 289 g/mol. The van der Waals surface area contributed by atoms with E-state index in [0.717, 1.165) is 12.8 Å². The molecular formula is C15H19N3O3. The van der Waals surface area contributed by atoms with Crippen molar-refractivity contribution in [1.29, 1.82) is 0 Å². The lowest BCUT2D eigenvalue weighted by Gasteiger charge is -2.35. The Hall–Kier alpha value is -2.24. The second-order valence-electron chi connectivity index (χ2n) is 5.51. The van der Waals surface area contributed by atoms with E-state index in [4.69, 9.17) is 10.5 Å². The summed E-state index contributed by atoms with van der Waals surface area (Å²) in [4.78, 5) is 25.8. The summed E-state index contributed by atoms with van der Waals surface area (Å²) in [7, 11) is 0. The van der Waals surface area contributed by atoms with Crippen LogP contribution in [-0.4, -0.2) is 42.5 Å². The van der Waals surface area contributed by atoms with Crippen LogP contribution >= 0.6 is 0 Å². The van der Waals surface area contributed by atoms with E-state index in [9.17, 15) is 9.59 Å². The van der Waals surface area contributed by atoms with Gasteiger partial charge in [0.05, 0.1) is 12.0 Å². The van der Waals surface area contributed by atoms with E-state index in [1.807, 2.05) is 0 Å². The van der Waals surface area contributed by atoms with Crippen molar-refractivity contribution in [2.75, 3.05) is 25.4 Å². The maximum Gasteiger partial charge on any atom is 0.260 e. The molecule has 0 spiro atoms. The first-order chi connectivity index (χ1) is 10.1. The van der Waals surface area contributed by atoms with Crippen LogP contribution in [0.25, 0.3) is 0 Å². The van der Waals surface area contributed by atoms with Gasteiger partial charge in [0, 0.05) is 18.8 Å². The number of benzene rings is 1. The number of carbonyl (C=O) groups is 2. The van der Waals surface area contributed by atoms with Crippen molar-refractivity contribution in [3.05, 3.63) is 24.3 Å². The molecule has 0 aliphatic carbocycles. The Morgan fingerprint density at radius 1 is 1.38 bits per heavy atom. The minimum Gasteiger partial charge on any atom is -0.484 e. The molecule has 21 heavy (non-hydrogen) atoms. The van der Waals surface area contributed by atoms with Gasteiger partial charge in [-0.1, -0.05) is 0 Å². The molecule has 2 aliphatic rings. The Bertz CT molecular complexity index is 544. The number of amides is 2. The molecule has 1 aromatic rings. The number of anilines is 1. The topological polar surface area (TPSA) is 84.7 Å². The average Bonchev–Trinajstić information content (AvgIpc) is 2.88. The second-order valence-corrected chi connectivity index (χ2v) is 5.51. The maximum absolute atomic E-state index is 12.3. The number of hydrogen-bond donors (Lipinski definition) is 2. The number of ether oxygens (including phenoxy) is 1. The molecule has 6 nitrogen and oxygen atoms in total. The second kappa shape index (κ2) is 5.63. The van der Waals surface area contributed by atoms with Crippen molar-refractivity contribution in [3.8, 4) is 5.75 Å². The van der Waals surface area contributed by atoms with Crippen LogP contribution in [0.4, 0.5) is 5.69 Å². The van der Waals surface area contributed by atoms with E-state index in [0.29, 0.717) is 24.5 Å². The van der Waals surface area contributed by atoms with Gasteiger partial charge < -0.3 is 20.7 Å². The molecule has 2 saturated heterocycles. The van der Waals surface area contributed by atoms with Crippen molar-refractivity contribution < 1.29 is 14.3 Å². The third-order valence-corrected chi connectivity index (χ3v) is 4.16. The van der Waals surface area contributed by atoms with Crippen LogP contribution < -0.4 is 15.8 Å². The number of nitrogens with two attached hydrogens (primary N) is 1. The number of nitrogen functional groups attached to an aromatic ring is 1. The Morgan fingerprint density at radius 2 is 2.14 bits per heavy atom. The Balaban J connectivity index is 1.60. The molecule has 2 aliphatic heterocycles. The molecule has 0 radical (unpaired) electrons. The quantitative estimate of drug-likeness (QED) is 0.788. The highest BCUT2D eigenvalue weighted by Gasteiger charge is 2.42. The van der Waals surface area contributed by atoms with Gasteiger partial charge in [0.2, 0.25) is 5.91 Å². The van der Waals surface area contributed by atoms with E-state index >= 15 is 0 Å². The average molecular weight is 289 g/mol. The van der Waals surface area contributed by atoms with Gasteiger partial charge in [0.1, 0.15) is 5.75 Å². The molecule has 112 valence electrons. The predicted molar refractivity (Wildman–Crippen MR) is 77.6 cm³/mol. The van der Waals surface area contributed by atoms with Crippen LogP contribution in [0.1, 0.15) is 12.8 Å². The number of nitrogens with one attached hydrogen (secondary N) is 1. The zero-order valence-corrected chi connectivity index (χ0v) is 11.7. The minimum absolute atomic E-state index is 0.0126. The van der Waals surface area contributed by atoms with Crippen LogP contribution in [0.3, 0.4) is 0 Å². The van der Waals surface area contributed by atoms with Gasteiger partial charge in [-0.25, -0.2) is 0 Å². The summed E-state index contributed by atoms with van der Waals surface area (Å²) in [5, 5.41) is 2.84. The summed E-state index contributed by atoms with van der Waals surface area (Å²) in [5.74, 6) is 0.556. The molecule has 3 rings (SSSR count). The molecule has 0 aromatic heterocycles. The molecule has 2 fully saturated rings. The highest BCUT2D eigenvalue weighted by molar-refractivity contribution is 5.85. The molecule has 0 bridgehead atoms. The molecule has 2 heterocycles. The van der Waals surface area contributed by atoms with Crippen molar-refractivity contribution in [2.24, 2.45) is 5.92 Å². The molecule has 6 heteroatoms. The molecule has 0 saturated carbocycles. The van der Waals surface area contributed by atoms with E-state index < -0.39 is 0 Å². The van der Waals surface area contributed by atoms with Crippen molar-refractivity contribution >= 4 is 17.5 Å². The fraction of sp³-hybridized carbons (Fsp3) is 0.467. The summed E-state index contributed by atoms with van der Waals surface area (Å²) >= 11 is 0. The highest BCUT2D eigenvalue weighted by Crippen LogP contribution is 2.27. The predicted octanol–water partition coefficient (Wildman–Crippen LogP) is 0.385. The summed E-state index contributed by atoms with van der Waals surface area (Å²) in [6.07, 6.45) is 1.72. The lowest BCUT2D eigenvalue weighted by molar-refractivity contribution is -0.138. The first kappa shape index (κ1) is 13.7.